The average molecular weight is 640 g/mol. The van der Waals surface area contributed by atoms with Crippen LogP contribution < -0.4 is 0 Å². The predicted octanol–water partition coefficient (Wildman–Crippen LogP) is 11.1. The van der Waals surface area contributed by atoms with Gasteiger partial charge >= 0.3 is 0 Å². The van der Waals surface area contributed by atoms with Gasteiger partial charge in [-0.25, -0.2) is 15.0 Å². The van der Waals surface area contributed by atoms with Crippen LogP contribution in [0.15, 0.2) is 176 Å². The number of fused-ring (bicyclic) bond motifs is 6. The average Bonchev–Trinajstić information content (AvgIpc) is 3.71. The number of nitrogens with zero attached hydrogens (tertiary/aromatic N) is 5. The third-order valence-electron chi connectivity index (χ3n) is 9.60. The van der Waals surface area contributed by atoms with Crippen molar-refractivity contribution in [3.05, 3.63) is 176 Å². The Hall–Kier alpha value is -6.85. The van der Waals surface area contributed by atoms with Gasteiger partial charge in [0.1, 0.15) is 5.65 Å². The Morgan fingerprint density at radius 1 is 0.400 bits per heavy atom. The minimum atomic E-state index is 0.638. The van der Waals surface area contributed by atoms with E-state index in [9.17, 15) is 0 Å². The quantitative estimate of drug-likeness (QED) is 0.188. The number of hydrogen-bond acceptors (Lipinski definition) is 3. The lowest BCUT2D eigenvalue weighted by Crippen LogP contribution is -2.04. The molecule has 6 aromatic carbocycles. The molecule has 5 heteroatoms. The Morgan fingerprint density at radius 2 is 1.04 bits per heavy atom. The highest BCUT2D eigenvalue weighted by Gasteiger charge is 2.20. The van der Waals surface area contributed by atoms with Gasteiger partial charge in [0.15, 0.2) is 0 Å². The fourth-order valence-corrected chi connectivity index (χ4v) is 7.37. The summed E-state index contributed by atoms with van der Waals surface area (Å²) in [7, 11) is 0. The summed E-state index contributed by atoms with van der Waals surface area (Å²) in [6.07, 6.45) is 1.87. The van der Waals surface area contributed by atoms with Crippen LogP contribution in [-0.4, -0.2) is 24.1 Å². The van der Waals surface area contributed by atoms with Crippen molar-refractivity contribution in [3.63, 3.8) is 0 Å². The molecule has 0 unspecified atom stereocenters. The fourth-order valence-electron chi connectivity index (χ4n) is 7.37. The number of benzene rings is 6. The molecule has 10 rings (SSSR count). The molecule has 50 heavy (non-hydrogen) atoms. The van der Waals surface area contributed by atoms with Crippen LogP contribution in [-0.2, 0) is 0 Å². The summed E-state index contributed by atoms with van der Waals surface area (Å²) in [5.74, 6) is 0.638. The number of pyridine rings is 1. The molecule has 0 saturated carbocycles. The summed E-state index contributed by atoms with van der Waals surface area (Å²) in [5.41, 5.74) is 11.4. The van der Waals surface area contributed by atoms with E-state index in [-0.39, 0.29) is 0 Å². The molecule has 4 heterocycles. The summed E-state index contributed by atoms with van der Waals surface area (Å²) in [6, 6.07) is 59.4. The second kappa shape index (κ2) is 11.4. The fraction of sp³-hybridized carbons (Fsp3) is 0. The van der Waals surface area contributed by atoms with Crippen molar-refractivity contribution in [1.82, 2.24) is 24.1 Å². The summed E-state index contributed by atoms with van der Waals surface area (Å²) in [5, 5.41) is 4.63. The number of para-hydroxylation sites is 2. The minimum Gasteiger partial charge on any atom is -0.294 e. The summed E-state index contributed by atoms with van der Waals surface area (Å²) in [4.78, 5) is 15.3. The van der Waals surface area contributed by atoms with Crippen LogP contribution in [0.25, 0.3) is 89.0 Å². The molecule has 0 radical (unpaired) electrons. The van der Waals surface area contributed by atoms with Gasteiger partial charge in [-0.1, -0.05) is 121 Å². The summed E-state index contributed by atoms with van der Waals surface area (Å²) in [6.45, 7) is 0. The first-order valence-corrected chi connectivity index (χ1v) is 16.8. The van der Waals surface area contributed by atoms with Gasteiger partial charge in [-0.05, 0) is 59.7 Å². The van der Waals surface area contributed by atoms with Crippen molar-refractivity contribution in [3.8, 4) is 45.3 Å². The highest BCUT2D eigenvalue weighted by atomic mass is 15.2. The first-order valence-electron chi connectivity index (χ1n) is 16.8. The Morgan fingerprint density at radius 3 is 1.78 bits per heavy atom. The van der Waals surface area contributed by atoms with E-state index in [0.717, 1.165) is 77.7 Å². The molecule has 0 aliphatic heterocycles. The van der Waals surface area contributed by atoms with E-state index in [0.29, 0.717) is 5.95 Å². The molecule has 10 aromatic rings. The van der Waals surface area contributed by atoms with Gasteiger partial charge in [-0.2, -0.15) is 0 Å². The molecule has 0 saturated heterocycles. The predicted molar refractivity (Wildman–Crippen MR) is 205 cm³/mol. The Balaban J connectivity index is 1.24. The third kappa shape index (κ3) is 4.45. The van der Waals surface area contributed by atoms with Gasteiger partial charge in [0.05, 0.1) is 27.9 Å². The SMILES string of the molecule is c1ccc(-c2cc(-c3ccccc3)nc(-n3c4ccccc4c4c(-c5ccc6c7cccnc7n(-c7ccccc7)c6c5)cccc43)n2)cc1. The topological polar surface area (TPSA) is 48.5 Å². The van der Waals surface area contributed by atoms with Gasteiger partial charge in [0.2, 0.25) is 5.95 Å². The van der Waals surface area contributed by atoms with Crippen molar-refractivity contribution < 1.29 is 0 Å². The Kier molecular flexibility index (Phi) is 6.42. The first kappa shape index (κ1) is 28.2. The smallest absolute Gasteiger partial charge is 0.235 e. The van der Waals surface area contributed by atoms with Crippen LogP contribution in [0, 0.1) is 0 Å². The van der Waals surface area contributed by atoms with Crippen LogP contribution in [0.2, 0.25) is 0 Å². The van der Waals surface area contributed by atoms with Gasteiger partial charge < -0.3 is 0 Å². The minimum absolute atomic E-state index is 0.638. The van der Waals surface area contributed by atoms with E-state index in [2.05, 4.69) is 161 Å². The van der Waals surface area contributed by atoms with Gasteiger partial charge in [-0.15, -0.1) is 0 Å². The van der Waals surface area contributed by atoms with E-state index >= 15 is 0 Å². The van der Waals surface area contributed by atoms with E-state index in [1.165, 1.54) is 5.39 Å². The van der Waals surface area contributed by atoms with Crippen LogP contribution in [0.1, 0.15) is 0 Å². The van der Waals surface area contributed by atoms with Gasteiger partial charge in [0.25, 0.3) is 0 Å². The van der Waals surface area contributed by atoms with Gasteiger partial charge in [0, 0.05) is 44.6 Å². The van der Waals surface area contributed by atoms with E-state index < -0.39 is 0 Å². The highest BCUT2D eigenvalue weighted by Crippen LogP contribution is 2.40. The lowest BCUT2D eigenvalue weighted by atomic mass is 9.98. The van der Waals surface area contributed by atoms with Crippen LogP contribution in [0.3, 0.4) is 0 Å². The molecule has 0 aliphatic rings. The lowest BCUT2D eigenvalue weighted by molar-refractivity contribution is 0.995. The molecular weight excluding hydrogens is 611 g/mol. The molecule has 0 fully saturated rings. The van der Waals surface area contributed by atoms with Crippen molar-refractivity contribution >= 4 is 43.7 Å². The van der Waals surface area contributed by atoms with Crippen LogP contribution in [0.5, 0.6) is 0 Å². The molecule has 0 bridgehead atoms. The van der Waals surface area contributed by atoms with E-state index in [1.807, 2.05) is 24.4 Å². The number of hydrogen-bond donors (Lipinski definition) is 0. The van der Waals surface area contributed by atoms with Crippen molar-refractivity contribution in [2.45, 2.75) is 0 Å². The standard InChI is InChI=1S/C45H29N5/c1-4-14-30(15-5-1)38-29-39(31-16-6-2-7-17-31)48-45(47-38)50-40-23-11-10-20-37(40)43-34(21-12-24-41(43)50)32-25-26-35-36-22-13-27-46-44(36)49(42(35)28-32)33-18-8-3-9-19-33/h1-29H. The normalized spacial score (nSPS) is 11.6. The molecular formula is C45H29N5. The number of rotatable bonds is 5. The maximum Gasteiger partial charge on any atom is 0.235 e. The second-order valence-electron chi connectivity index (χ2n) is 12.5. The van der Waals surface area contributed by atoms with E-state index in [4.69, 9.17) is 15.0 Å². The molecule has 234 valence electrons. The molecule has 0 amide bonds. The maximum atomic E-state index is 5.23. The monoisotopic (exact) mass is 639 g/mol. The van der Waals surface area contributed by atoms with Crippen molar-refractivity contribution in [2.75, 3.05) is 0 Å². The first-order chi connectivity index (χ1) is 24.8. The van der Waals surface area contributed by atoms with Crippen LogP contribution >= 0.6 is 0 Å². The number of aromatic nitrogens is 5. The molecule has 4 aromatic heterocycles. The molecule has 0 aliphatic carbocycles. The lowest BCUT2D eigenvalue weighted by Gasteiger charge is -2.12. The van der Waals surface area contributed by atoms with Crippen molar-refractivity contribution in [2.24, 2.45) is 0 Å². The molecule has 0 atom stereocenters. The third-order valence-corrected chi connectivity index (χ3v) is 9.60. The molecule has 0 spiro atoms. The largest absolute Gasteiger partial charge is 0.294 e. The second-order valence-corrected chi connectivity index (χ2v) is 12.5. The van der Waals surface area contributed by atoms with E-state index in [1.54, 1.807) is 0 Å². The van der Waals surface area contributed by atoms with Crippen molar-refractivity contribution in [1.29, 1.82) is 0 Å². The Bertz CT molecular complexity index is 2800. The van der Waals surface area contributed by atoms with Crippen LogP contribution in [0.4, 0.5) is 0 Å². The highest BCUT2D eigenvalue weighted by molar-refractivity contribution is 6.16. The zero-order valence-electron chi connectivity index (χ0n) is 27.0. The summed E-state index contributed by atoms with van der Waals surface area (Å²) < 4.78 is 4.49. The zero-order chi connectivity index (χ0) is 33.0. The zero-order valence-corrected chi connectivity index (χ0v) is 27.0. The summed E-state index contributed by atoms with van der Waals surface area (Å²) >= 11 is 0. The molecule has 5 nitrogen and oxygen atoms in total. The maximum absolute atomic E-state index is 5.23. The van der Waals surface area contributed by atoms with Gasteiger partial charge in [-0.3, -0.25) is 9.13 Å². The Labute approximate surface area is 288 Å². The molecule has 0 N–H and O–H groups in total.